The van der Waals surface area contributed by atoms with Crippen LogP contribution < -0.4 is 11.1 Å². The van der Waals surface area contributed by atoms with Crippen molar-refractivity contribution in [3.05, 3.63) is 0 Å². The summed E-state index contributed by atoms with van der Waals surface area (Å²) < 4.78 is 0. The molecular weight excluding hydrogens is 238 g/mol. The van der Waals surface area contributed by atoms with Gasteiger partial charge >= 0.3 is 0 Å². The molecule has 19 heavy (non-hydrogen) atoms. The van der Waals surface area contributed by atoms with Crippen molar-refractivity contribution >= 4 is 5.91 Å². The molecule has 1 aliphatic rings. The van der Waals surface area contributed by atoms with Crippen LogP contribution in [0.1, 0.15) is 52.9 Å². The van der Waals surface area contributed by atoms with E-state index in [1.165, 1.54) is 19.3 Å². The molecule has 0 saturated heterocycles. The lowest BCUT2D eigenvalue weighted by atomic mass is 9.74. The highest BCUT2D eigenvalue weighted by molar-refractivity contribution is 5.78. The van der Waals surface area contributed by atoms with Crippen molar-refractivity contribution in [2.24, 2.45) is 11.7 Å². The average Bonchev–Trinajstić information content (AvgIpc) is 2.45. The van der Waals surface area contributed by atoms with Crippen molar-refractivity contribution in [1.82, 2.24) is 10.2 Å². The highest BCUT2D eigenvalue weighted by atomic mass is 16.2. The van der Waals surface area contributed by atoms with Gasteiger partial charge in [0.1, 0.15) is 0 Å². The zero-order valence-electron chi connectivity index (χ0n) is 12.9. The summed E-state index contributed by atoms with van der Waals surface area (Å²) in [6, 6.07) is 0. The van der Waals surface area contributed by atoms with E-state index in [1.807, 2.05) is 6.92 Å². The Kier molecular flexibility index (Phi) is 6.80. The molecule has 4 nitrogen and oxygen atoms in total. The maximum atomic E-state index is 11.8. The van der Waals surface area contributed by atoms with Gasteiger partial charge in [0.15, 0.2) is 0 Å². The maximum Gasteiger partial charge on any atom is 0.234 e. The Morgan fingerprint density at radius 1 is 1.32 bits per heavy atom. The molecule has 1 amide bonds. The first-order valence-corrected chi connectivity index (χ1v) is 7.83. The predicted octanol–water partition coefficient (Wildman–Crippen LogP) is 1.74. The number of nitrogens with one attached hydrogen (secondary N) is 1. The fraction of sp³-hybridized carbons (Fsp3) is 0.933. The lowest BCUT2D eigenvalue weighted by molar-refractivity contribution is -0.124. The monoisotopic (exact) mass is 269 g/mol. The minimum absolute atomic E-state index is 0.0471. The summed E-state index contributed by atoms with van der Waals surface area (Å²) in [5.74, 6) is 0.970. The smallest absolute Gasteiger partial charge is 0.234 e. The number of nitrogens with zero attached hydrogens (tertiary/aromatic N) is 1. The van der Waals surface area contributed by atoms with Gasteiger partial charge in [0, 0.05) is 18.6 Å². The summed E-state index contributed by atoms with van der Waals surface area (Å²) >= 11 is 0. The third-order valence-corrected chi connectivity index (χ3v) is 4.75. The first-order valence-electron chi connectivity index (χ1n) is 7.83. The Hall–Kier alpha value is -0.610. The van der Waals surface area contributed by atoms with Crippen LogP contribution in [0.25, 0.3) is 0 Å². The Labute approximate surface area is 118 Å². The SMILES string of the molecule is CCNC(=O)CN(CC)C1(CN)CCC(CC)CC1. The van der Waals surface area contributed by atoms with E-state index >= 15 is 0 Å². The second kappa shape index (κ2) is 7.85. The van der Waals surface area contributed by atoms with Gasteiger partial charge in [-0.1, -0.05) is 20.3 Å². The van der Waals surface area contributed by atoms with E-state index in [-0.39, 0.29) is 11.4 Å². The minimum atomic E-state index is 0.0471. The van der Waals surface area contributed by atoms with Crippen molar-refractivity contribution in [2.45, 2.75) is 58.4 Å². The molecule has 0 aliphatic heterocycles. The van der Waals surface area contributed by atoms with Crippen molar-refractivity contribution in [3.8, 4) is 0 Å². The Bertz CT molecular complexity index is 273. The highest BCUT2D eigenvalue weighted by Gasteiger charge is 2.38. The van der Waals surface area contributed by atoms with Gasteiger partial charge in [-0.25, -0.2) is 0 Å². The highest BCUT2D eigenvalue weighted by Crippen LogP contribution is 2.37. The van der Waals surface area contributed by atoms with Crippen LogP contribution in [0.3, 0.4) is 0 Å². The topological polar surface area (TPSA) is 58.4 Å². The molecular formula is C15H31N3O. The number of hydrogen-bond acceptors (Lipinski definition) is 3. The molecule has 0 unspecified atom stereocenters. The number of carbonyl (C=O) groups excluding carboxylic acids is 1. The third-order valence-electron chi connectivity index (χ3n) is 4.75. The second-order valence-electron chi connectivity index (χ2n) is 5.75. The van der Waals surface area contributed by atoms with E-state index < -0.39 is 0 Å². The number of nitrogens with two attached hydrogens (primary N) is 1. The van der Waals surface area contributed by atoms with Crippen molar-refractivity contribution in [2.75, 3.05) is 26.2 Å². The predicted molar refractivity (Wildman–Crippen MR) is 80.0 cm³/mol. The van der Waals surface area contributed by atoms with E-state index in [0.29, 0.717) is 19.6 Å². The van der Waals surface area contributed by atoms with Gasteiger partial charge in [-0.3, -0.25) is 9.69 Å². The van der Waals surface area contributed by atoms with Gasteiger partial charge in [0.2, 0.25) is 5.91 Å². The molecule has 1 saturated carbocycles. The number of likely N-dealkylation sites (N-methyl/N-ethyl adjacent to an activating group) is 2. The summed E-state index contributed by atoms with van der Waals surface area (Å²) in [4.78, 5) is 14.1. The van der Waals surface area contributed by atoms with Gasteiger partial charge < -0.3 is 11.1 Å². The lowest BCUT2D eigenvalue weighted by Crippen LogP contribution is -2.58. The van der Waals surface area contributed by atoms with Crippen LogP contribution in [-0.2, 0) is 4.79 Å². The average molecular weight is 269 g/mol. The van der Waals surface area contributed by atoms with E-state index in [9.17, 15) is 4.79 Å². The van der Waals surface area contributed by atoms with E-state index in [4.69, 9.17) is 5.73 Å². The quantitative estimate of drug-likeness (QED) is 0.740. The molecule has 1 aliphatic carbocycles. The van der Waals surface area contributed by atoms with Crippen LogP contribution in [0.15, 0.2) is 0 Å². The van der Waals surface area contributed by atoms with Gasteiger partial charge in [-0.15, -0.1) is 0 Å². The number of rotatable bonds is 7. The van der Waals surface area contributed by atoms with E-state index in [2.05, 4.69) is 24.1 Å². The molecule has 0 aromatic carbocycles. The molecule has 1 rings (SSSR count). The number of carbonyl (C=O) groups is 1. The molecule has 0 radical (unpaired) electrons. The van der Waals surface area contributed by atoms with Crippen LogP contribution in [0, 0.1) is 5.92 Å². The largest absolute Gasteiger partial charge is 0.355 e. The summed E-state index contributed by atoms with van der Waals surface area (Å²) in [7, 11) is 0. The minimum Gasteiger partial charge on any atom is -0.355 e. The van der Waals surface area contributed by atoms with Gasteiger partial charge in [0.05, 0.1) is 6.54 Å². The Morgan fingerprint density at radius 3 is 2.37 bits per heavy atom. The molecule has 1 fully saturated rings. The molecule has 0 aromatic rings. The Morgan fingerprint density at radius 2 is 1.95 bits per heavy atom. The number of hydrogen-bond donors (Lipinski definition) is 2. The summed E-state index contributed by atoms with van der Waals surface area (Å²) in [6.45, 7) is 9.10. The van der Waals surface area contributed by atoms with Gasteiger partial charge in [-0.2, -0.15) is 0 Å². The standard InChI is InChI=1S/C15H31N3O/c1-4-13-7-9-15(12-16,10-8-13)18(6-3)11-14(19)17-5-2/h13H,4-12,16H2,1-3H3,(H,17,19). The van der Waals surface area contributed by atoms with Gasteiger partial charge in [-0.05, 0) is 45.1 Å². The lowest BCUT2D eigenvalue weighted by Gasteiger charge is -2.47. The first kappa shape index (κ1) is 16.4. The Balaban J connectivity index is 2.67. The molecule has 0 atom stereocenters. The van der Waals surface area contributed by atoms with Crippen LogP contribution >= 0.6 is 0 Å². The van der Waals surface area contributed by atoms with Crippen molar-refractivity contribution in [3.63, 3.8) is 0 Å². The van der Waals surface area contributed by atoms with Crippen LogP contribution in [0.4, 0.5) is 0 Å². The second-order valence-corrected chi connectivity index (χ2v) is 5.75. The van der Waals surface area contributed by atoms with Gasteiger partial charge in [0.25, 0.3) is 0 Å². The van der Waals surface area contributed by atoms with Crippen molar-refractivity contribution in [1.29, 1.82) is 0 Å². The molecule has 0 bridgehead atoms. The first-order chi connectivity index (χ1) is 9.11. The van der Waals surface area contributed by atoms with E-state index in [0.717, 1.165) is 25.3 Å². The molecule has 0 aromatic heterocycles. The van der Waals surface area contributed by atoms with Crippen LogP contribution in [-0.4, -0.2) is 42.5 Å². The summed E-state index contributed by atoms with van der Waals surface area (Å²) in [5.41, 5.74) is 6.13. The van der Waals surface area contributed by atoms with E-state index in [1.54, 1.807) is 0 Å². The van der Waals surface area contributed by atoms with Crippen LogP contribution in [0.5, 0.6) is 0 Å². The fourth-order valence-electron chi connectivity index (χ4n) is 3.31. The molecule has 0 heterocycles. The summed E-state index contributed by atoms with van der Waals surface area (Å²) in [5, 5.41) is 2.89. The maximum absolute atomic E-state index is 11.8. The van der Waals surface area contributed by atoms with Crippen molar-refractivity contribution < 1.29 is 4.79 Å². The number of amides is 1. The summed E-state index contributed by atoms with van der Waals surface area (Å²) in [6.07, 6.45) is 6.03. The van der Waals surface area contributed by atoms with Crippen LogP contribution in [0.2, 0.25) is 0 Å². The zero-order chi connectivity index (χ0) is 14.3. The third kappa shape index (κ3) is 4.18. The molecule has 0 spiro atoms. The fourth-order valence-corrected chi connectivity index (χ4v) is 3.31. The molecule has 3 N–H and O–H groups in total. The molecule has 4 heteroatoms. The molecule has 112 valence electrons. The zero-order valence-corrected chi connectivity index (χ0v) is 12.9. The normalized spacial score (nSPS) is 27.5.